The molecule has 0 radical (unpaired) electrons. The van der Waals surface area contributed by atoms with Gasteiger partial charge in [-0.15, -0.1) is 12.4 Å². The van der Waals surface area contributed by atoms with Crippen LogP contribution >= 0.6 is 12.4 Å². The van der Waals surface area contributed by atoms with Crippen LogP contribution < -0.4 is 10.1 Å². The van der Waals surface area contributed by atoms with Gasteiger partial charge in [-0.2, -0.15) is 0 Å². The molecule has 2 aromatic rings. The van der Waals surface area contributed by atoms with Crippen molar-refractivity contribution in [2.24, 2.45) is 0 Å². The highest BCUT2D eigenvalue weighted by Gasteiger charge is 2.23. The molecule has 4 heteroatoms. The van der Waals surface area contributed by atoms with Gasteiger partial charge in [-0.25, -0.2) is 0 Å². The minimum Gasteiger partial charge on any atom is -0.504 e. The van der Waals surface area contributed by atoms with Crippen LogP contribution in [0.15, 0.2) is 42.5 Å². The summed E-state index contributed by atoms with van der Waals surface area (Å²) in [6.07, 6.45) is 0.954. The average molecular weight is 292 g/mol. The molecule has 2 aromatic carbocycles. The molecule has 0 aliphatic carbocycles. The van der Waals surface area contributed by atoms with Crippen LogP contribution in [0.2, 0.25) is 0 Å². The number of aromatic hydroxyl groups is 1. The molecule has 0 fully saturated rings. The van der Waals surface area contributed by atoms with E-state index in [1.54, 1.807) is 7.11 Å². The van der Waals surface area contributed by atoms with Crippen molar-refractivity contribution in [3.63, 3.8) is 0 Å². The fourth-order valence-electron chi connectivity index (χ4n) is 2.68. The third-order valence-corrected chi connectivity index (χ3v) is 3.63. The second-order valence-corrected chi connectivity index (χ2v) is 4.77. The van der Waals surface area contributed by atoms with Crippen molar-refractivity contribution in [1.29, 1.82) is 0 Å². The zero-order chi connectivity index (χ0) is 13.2. The van der Waals surface area contributed by atoms with Gasteiger partial charge in [-0.1, -0.05) is 30.3 Å². The molecule has 20 heavy (non-hydrogen) atoms. The summed E-state index contributed by atoms with van der Waals surface area (Å²) in [7, 11) is 1.58. The standard InChI is InChI=1S/C16H17NO2.ClH/c1-19-15-9-12-7-8-17-16(13(12)10-14(15)18)11-5-3-2-4-6-11;/h2-6,9-10,16-18H,7-8H2,1H3;1H. The molecule has 0 spiro atoms. The van der Waals surface area contributed by atoms with Gasteiger partial charge in [0.2, 0.25) is 0 Å². The van der Waals surface area contributed by atoms with Crippen LogP contribution in [0, 0.1) is 0 Å². The van der Waals surface area contributed by atoms with Gasteiger partial charge in [0, 0.05) is 6.54 Å². The van der Waals surface area contributed by atoms with Crippen molar-refractivity contribution in [2.45, 2.75) is 12.5 Å². The Bertz CT molecular complexity index is 587. The Kier molecular flexibility index (Phi) is 4.53. The predicted molar refractivity (Wildman–Crippen MR) is 81.9 cm³/mol. The lowest BCUT2D eigenvalue weighted by molar-refractivity contribution is 0.371. The fraction of sp³-hybridized carbons (Fsp3) is 0.250. The monoisotopic (exact) mass is 291 g/mol. The average Bonchev–Trinajstić information content (AvgIpc) is 2.47. The predicted octanol–water partition coefficient (Wildman–Crippen LogP) is 3.06. The van der Waals surface area contributed by atoms with Crippen molar-refractivity contribution in [1.82, 2.24) is 5.32 Å². The molecule has 1 aliphatic rings. The van der Waals surface area contributed by atoms with Crippen LogP contribution in [0.4, 0.5) is 0 Å². The van der Waals surface area contributed by atoms with E-state index < -0.39 is 0 Å². The molecule has 1 atom stereocenters. The fourth-order valence-corrected chi connectivity index (χ4v) is 2.68. The first-order valence-corrected chi connectivity index (χ1v) is 6.47. The summed E-state index contributed by atoms with van der Waals surface area (Å²) < 4.78 is 5.18. The number of methoxy groups -OCH3 is 1. The van der Waals surface area contributed by atoms with E-state index >= 15 is 0 Å². The second-order valence-electron chi connectivity index (χ2n) is 4.77. The van der Waals surface area contributed by atoms with Crippen molar-refractivity contribution in [3.8, 4) is 11.5 Å². The number of hydrogen-bond acceptors (Lipinski definition) is 3. The summed E-state index contributed by atoms with van der Waals surface area (Å²) in [6.45, 7) is 0.931. The SMILES string of the molecule is COc1cc2c(cc1O)C(c1ccccc1)NCC2.Cl. The number of hydrogen-bond donors (Lipinski definition) is 2. The van der Waals surface area contributed by atoms with Crippen LogP contribution in [0.3, 0.4) is 0 Å². The largest absolute Gasteiger partial charge is 0.504 e. The lowest BCUT2D eigenvalue weighted by Crippen LogP contribution is -2.30. The van der Waals surface area contributed by atoms with Crippen LogP contribution in [0.5, 0.6) is 11.5 Å². The summed E-state index contributed by atoms with van der Waals surface area (Å²) >= 11 is 0. The highest BCUT2D eigenvalue weighted by atomic mass is 35.5. The topological polar surface area (TPSA) is 41.5 Å². The second kappa shape index (κ2) is 6.16. The summed E-state index contributed by atoms with van der Waals surface area (Å²) in [6, 6.07) is 14.2. The lowest BCUT2D eigenvalue weighted by Gasteiger charge is -2.28. The number of benzene rings is 2. The van der Waals surface area contributed by atoms with Crippen molar-refractivity contribution in [2.75, 3.05) is 13.7 Å². The summed E-state index contributed by atoms with van der Waals surface area (Å²) in [5.41, 5.74) is 3.59. The highest BCUT2D eigenvalue weighted by molar-refractivity contribution is 5.85. The first-order chi connectivity index (χ1) is 9.29. The number of phenols is 1. The van der Waals surface area contributed by atoms with Crippen molar-refractivity contribution >= 4 is 12.4 Å². The molecule has 2 N–H and O–H groups in total. The van der Waals surface area contributed by atoms with Crippen LogP contribution in [-0.4, -0.2) is 18.8 Å². The Morgan fingerprint density at radius 1 is 1.20 bits per heavy atom. The maximum Gasteiger partial charge on any atom is 0.160 e. The van der Waals surface area contributed by atoms with E-state index in [0.29, 0.717) is 5.75 Å². The molecule has 1 unspecified atom stereocenters. The maximum absolute atomic E-state index is 9.98. The summed E-state index contributed by atoms with van der Waals surface area (Å²) in [5, 5.41) is 13.5. The Balaban J connectivity index is 0.00000147. The summed E-state index contributed by atoms with van der Waals surface area (Å²) in [5.74, 6) is 0.748. The normalized spacial score (nSPS) is 16.9. The molecular weight excluding hydrogens is 274 g/mol. The van der Waals surface area contributed by atoms with Gasteiger partial charge in [0.05, 0.1) is 13.2 Å². The molecule has 0 bridgehead atoms. The Hall–Kier alpha value is -1.71. The van der Waals surface area contributed by atoms with Crippen molar-refractivity contribution in [3.05, 3.63) is 59.2 Å². The van der Waals surface area contributed by atoms with Crippen molar-refractivity contribution < 1.29 is 9.84 Å². The van der Waals surface area contributed by atoms with E-state index in [0.717, 1.165) is 18.5 Å². The Labute approximate surface area is 125 Å². The van der Waals surface area contributed by atoms with Crippen LogP contribution in [-0.2, 0) is 6.42 Å². The Morgan fingerprint density at radius 3 is 2.65 bits per heavy atom. The third kappa shape index (κ3) is 2.60. The van der Waals surface area contributed by atoms with E-state index in [9.17, 15) is 5.11 Å². The molecule has 0 saturated heterocycles. The molecule has 0 amide bonds. The molecule has 0 aromatic heterocycles. The van der Waals surface area contributed by atoms with Gasteiger partial charge in [-0.05, 0) is 35.2 Å². The number of halogens is 1. The number of rotatable bonds is 2. The van der Waals surface area contributed by atoms with Gasteiger partial charge < -0.3 is 15.2 Å². The Morgan fingerprint density at radius 2 is 1.95 bits per heavy atom. The molecule has 1 heterocycles. The summed E-state index contributed by atoms with van der Waals surface area (Å²) in [4.78, 5) is 0. The third-order valence-electron chi connectivity index (χ3n) is 3.63. The van der Waals surface area contributed by atoms with Crippen LogP contribution in [0.25, 0.3) is 0 Å². The van der Waals surface area contributed by atoms with Gasteiger partial charge >= 0.3 is 0 Å². The van der Waals surface area contributed by atoms with Crippen LogP contribution in [0.1, 0.15) is 22.7 Å². The van der Waals surface area contributed by atoms with E-state index in [1.807, 2.05) is 30.3 Å². The molecule has 0 saturated carbocycles. The zero-order valence-corrected chi connectivity index (χ0v) is 12.1. The number of nitrogens with one attached hydrogen (secondary N) is 1. The van der Waals surface area contributed by atoms with E-state index in [2.05, 4.69) is 17.4 Å². The maximum atomic E-state index is 9.98. The molecule has 3 rings (SSSR count). The van der Waals surface area contributed by atoms with Gasteiger partial charge in [0.15, 0.2) is 11.5 Å². The lowest BCUT2D eigenvalue weighted by atomic mass is 9.89. The van der Waals surface area contributed by atoms with Gasteiger partial charge in [0.1, 0.15) is 0 Å². The number of phenolic OH excluding ortho intramolecular Hbond substituents is 1. The van der Waals surface area contributed by atoms with E-state index in [1.165, 1.54) is 11.1 Å². The minimum absolute atomic E-state index is 0. The highest BCUT2D eigenvalue weighted by Crippen LogP contribution is 2.36. The zero-order valence-electron chi connectivity index (χ0n) is 11.3. The molecule has 3 nitrogen and oxygen atoms in total. The van der Waals surface area contributed by atoms with E-state index in [4.69, 9.17) is 4.74 Å². The number of ether oxygens (including phenoxy) is 1. The molecule has 106 valence electrons. The van der Waals surface area contributed by atoms with E-state index in [-0.39, 0.29) is 24.2 Å². The van der Waals surface area contributed by atoms with Gasteiger partial charge in [0.25, 0.3) is 0 Å². The minimum atomic E-state index is 0. The quantitative estimate of drug-likeness (QED) is 0.893. The first kappa shape index (κ1) is 14.7. The number of fused-ring (bicyclic) bond motifs is 1. The molecule has 1 aliphatic heterocycles. The van der Waals surface area contributed by atoms with Gasteiger partial charge in [-0.3, -0.25) is 0 Å². The first-order valence-electron chi connectivity index (χ1n) is 6.47. The smallest absolute Gasteiger partial charge is 0.160 e. The molecular formula is C16H18ClNO2.